The molecule has 0 atom stereocenters. The first-order valence-electron chi connectivity index (χ1n) is 6.38. The van der Waals surface area contributed by atoms with Crippen molar-refractivity contribution in [3.63, 3.8) is 0 Å². The number of hydrogen-bond acceptors (Lipinski definition) is 5. The quantitative estimate of drug-likeness (QED) is 0.447. The van der Waals surface area contributed by atoms with Crippen molar-refractivity contribution in [2.75, 3.05) is 31.2 Å². The zero-order valence-electron chi connectivity index (χ0n) is 11.9. The Bertz CT molecular complexity index is 607. The van der Waals surface area contributed by atoms with Crippen molar-refractivity contribution in [3.05, 3.63) is 33.3 Å². The SMILES string of the molecule is CCN(CCCNc1cc(Cl)ccc1[N+](=O)[O-])S(C)(=O)=O. The molecular weight excluding hydrogens is 318 g/mol. The molecule has 0 saturated carbocycles. The molecule has 0 aromatic heterocycles. The molecule has 0 saturated heterocycles. The number of nitrogens with one attached hydrogen (secondary N) is 1. The summed E-state index contributed by atoms with van der Waals surface area (Å²) in [6.07, 6.45) is 1.69. The van der Waals surface area contributed by atoms with Gasteiger partial charge in [0.2, 0.25) is 10.0 Å². The Morgan fingerprint density at radius 3 is 2.62 bits per heavy atom. The van der Waals surface area contributed by atoms with E-state index in [-0.39, 0.29) is 5.69 Å². The Morgan fingerprint density at radius 2 is 2.10 bits per heavy atom. The molecule has 9 heteroatoms. The molecule has 118 valence electrons. The van der Waals surface area contributed by atoms with E-state index in [1.807, 2.05) is 0 Å². The van der Waals surface area contributed by atoms with Crippen LogP contribution in [0.15, 0.2) is 18.2 Å². The summed E-state index contributed by atoms with van der Waals surface area (Å²) < 4.78 is 24.2. The average molecular weight is 336 g/mol. The van der Waals surface area contributed by atoms with Gasteiger partial charge in [-0.25, -0.2) is 12.7 Å². The minimum absolute atomic E-state index is 0.0603. The molecule has 0 aliphatic heterocycles. The van der Waals surface area contributed by atoms with Crippen LogP contribution in [0.4, 0.5) is 11.4 Å². The van der Waals surface area contributed by atoms with Gasteiger partial charge in [0.1, 0.15) is 5.69 Å². The fraction of sp³-hybridized carbons (Fsp3) is 0.500. The predicted molar refractivity (Wildman–Crippen MR) is 83.3 cm³/mol. The zero-order valence-corrected chi connectivity index (χ0v) is 13.4. The van der Waals surface area contributed by atoms with E-state index >= 15 is 0 Å². The summed E-state index contributed by atoms with van der Waals surface area (Å²) in [5, 5.41) is 14.2. The molecule has 1 N–H and O–H groups in total. The maximum Gasteiger partial charge on any atom is 0.292 e. The van der Waals surface area contributed by atoms with E-state index < -0.39 is 14.9 Å². The third-order valence-electron chi connectivity index (χ3n) is 2.88. The van der Waals surface area contributed by atoms with Gasteiger partial charge in [-0.2, -0.15) is 0 Å². The summed E-state index contributed by atoms with van der Waals surface area (Å²) in [4.78, 5) is 10.4. The maximum atomic E-state index is 11.4. The first-order valence-corrected chi connectivity index (χ1v) is 8.61. The molecule has 0 spiro atoms. The van der Waals surface area contributed by atoms with Crippen molar-refractivity contribution in [1.29, 1.82) is 0 Å². The van der Waals surface area contributed by atoms with Crippen LogP contribution in [0.2, 0.25) is 5.02 Å². The largest absolute Gasteiger partial charge is 0.379 e. The Kier molecular flexibility index (Phi) is 6.38. The van der Waals surface area contributed by atoms with Gasteiger partial charge in [-0.3, -0.25) is 10.1 Å². The van der Waals surface area contributed by atoms with Crippen LogP contribution in [0.5, 0.6) is 0 Å². The van der Waals surface area contributed by atoms with E-state index in [0.717, 1.165) is 6.26 Å². The average Bonchev–Trinajstić information content (AvgIpc) is 2.36. The molecule has 0 amide bonds. The minimum atomic E-state index is -3.21. The van der Waals surface area contributed by atoms with E-state index in [2.05, 4.69) is 5.32 Å². The van der Waals surface area contributed by atoms with Crippen LogP contribution >= 0.6 is 11.6 Å². The van der Waals surface area contributed by atoms with Crippen LogP contribution in [0.25, 0.3) is 0 Å². The van der Waals surface area contributed by atoms with Crippen LogP contribution in [0.1, 0.15) is 13.3 Å². The zero-order chi connectivity index (χ0) is 16.0. The summed E-state index contributed by atoms with van der Waals surface area (Å²) in [6, 6.07) is 4.26. The van der Waals surface area contributed by atoms with Gasteiger partial charge in [-0.15, -0.1) is 0 Å². The second-order valence-corrected chi connectivity index (χ2v) is 6.87. The lowest BCUT2D eigenvalue weighted by atomic mass is 10.2. The first-order chi connectivity index (χ1) is 9.75. The highest BCUT2D eigenvalue weighted by Crippen LogP contribution is 2.27. The van der Waals surface area contributed by atoms with E-state index in [9.17, 15) is 18.5 Å². The van der Waals surface area contributed by atoms with Gasteiger partial charge < -0.3 is 5.32 Å². The highest BCUT2D eigenvalue weighted by atomic mass is 35.5. The number of nitro groups is 1. The summed E-state index contributed by atoms with van der Waals surface area (Å²) in [5.41, 5.74) is 0.268. The molecule has 21 heavy (non-hydrogen) atoms. The first kappa shape index (κ1) is 17.7. The molecule has 0 heterocycles. The maximum absolute atomic E-state index is 11.4. The Hall–Kier alpha value is -1.38. The van der Waals surface area contributed by atoms with Gasteiger partial charge in [0.25, 0.3) is 5.69 Å². The molecule has 0 bridgehead atoms. The number of rotatable bonds is 8. The van der Waals surface area contributed by atoms with E-state index in [0.29, 0.717) is 36.8 Å². The number of nitrogens with zero attached hydrogens (tertiary/aromatic N) is 2. The van der Waals surface area contributed by atoms with Crippen LogP contribution in [0.3, 0.4) is 0 Å². The Morgan fingerprint density at radius 1 is 1.43 bits per heavy atom. The van der Waals surface area contributed by atoms with Crippen molar-refractivity contribution in [3.8, 4) is 0 Å². The lowest BCUT2D eigenvalue weighted by molar-refractivity contribution is -0.384. The van der Waals surface area contributed by atoms with Crippen LogP contribution < -0.4 is 5.32 Å². The topological polar surface area (TPSA) is 92.5 Å². The second-order valence-electron chi connectivity index (χ2n) is 4.45. The smallest absolute Gasteiger partial charge is 0.292 e. The van der Waals surface area contributed by atoms with Gasteiger partial charge in [-0.05, 0) is 18.6 Å². The van der Waals surface area contributed by atoms with E-state index in [4.69, 9.17) is 11.6 Å². The normalized spacial score (nSPS) is 11.6. The number of anilines is 1. The van der Waals surface area contributed by atoms with E-state index in [1.165, 1.54) is 22.5 Å². The second kappa shape index (κ2) is 7.58. The van der Waals surface area contributed by atoms with Gasteiger partial charge >= 0.3 is 0 Å². The van der Waals surface area contributed by atoms with Gasteiger partial charge in [0, 0.05) is 30.7 Å². The van der Waals surface area contributed by atoms with Crippen molar-refractivity contribution >= 4 is 33.0 Å². The third kappa shape index (κ3) is 5.49. The fourth-order valence-corrected chi connectivity index (χ4v) is 2.95. The number of halogens is 1. The summed E-state index contributed by atoms with van der Waals surface area (Å²) >= 11 is 5.82. The molecule has 0 fully saturated rings. The van der Waals surface area contributed by atoms with Crippen molar-refractivity contribution < 1.29 is 13.3 Å². The summed E-state index contributed by atoms with van der Waals surface area (Å²) in [7, 11) is -3.21. The van der Waals surface area contributed by atoms with Crippen LogP contribution in [-0.2, 0) is 10.0 Å². The molecule has 1 rings (SSSR count). The monoisotopic (exact) mass is 335 g/mol. The predicted octanol–water partition coefficient (Wildman–Crippen LogP) is 2.33. The lowest BCUT2D eigenvalue weighted by Crippen LogP contribution is -2.31. The van der Waals surface area contributed by atoms with Gasteiger partial charge in [0.15, 0.2) is 0 Å². The third-order valence-corrected chi connectivity index (χ3v) is 4.49. The highest BCUT2D eigenvalue weighted by molar-refractivity contribution is 7.88. The Labute approximate surface area is 129 Å². The van der Waals surface area contributed by atoms with Crippen molar-refractivity contribution in [2.45, 2.75) is 13.3 Å². The fourth-order valence-electron chi connectivity index (χ4n) is 1.85. The van der Waals surface area contributed by atoms with Gasteiger partial charge in [0.05, 0.1) is 11.2 Å². The molecule has 0 radical (unpaired) electrons. The summed E-state index contributed by atoms with van der Waals surface area (Å²) in [6.45, 7) is 2.93. The van der Waals surface area contributed by atoms with E-state index in [1.54, 1.807) is 6.92 Å². The number of hydrogen-bond donors (Lipinski definition) is 1. The molecule has 0 aliphatic rings. The standard InChI is InChI=1S/C12H18ClN3O4S/c1-3-15(21(2,19)20)8-4-7-14-11-9-10(13)5-6-12(11)16(17)18/h5-6,9,14H,3-4,7-8H2,1-2H3. The van der Waals surface area contributed by atoms with Crippen molar-refractivity contribution in [1.82, 2.24) is 4.31 Å². The minimum Gasteiger partial charge on any atom is -0.379 e. The van der Waals surface area contributed by atoms with Crippen LogP contribution in [-0.4, -0.2) is 43.5 Å². The van der Waals surface area contributed by atoms with Crippen LogP contribution in [0, 0.1) is 10.1 Å². The number of nitro benzene ring substituents is 1. The molecular formula is C12H18ClN3O4S. The molecule has 1 aromatic carbocycles. The Balaban J connectivity index is 2.61. The highest BCUT2D eigenvalue weighted by Gasteiger charge is 2.15. The number of sulfonamides is 1. The lowest BCUT2D eigenvalue weighted by Gasteiger charge is -2.17. The molecule has 0 aliphatic carbocycles. The van der Waals surface area contributed by atoms with Gasteiger partial charge in [-0.1, -0.05) is 18.5 Å². The molecule has 1 aromatic rings. The summed E-state index contributed by atoms with van der Waals surface area (Å²) in [5.74, 6) is 0. The molecule has 7 nitrogen and oxygen atoms in total. The van der Waals surface area contributed by atoms with Crippen molar-refractivity contribution in [2.24, 2.45) is 0 Å². The molecule has 0 unspecified atom stereocenters. The number of benzene rings is 1.